The summed E-state index contributed by atoms with van der Waals surface area (Å²) in [5.41, 5.74) is 3.75. The van der Waals surface area contributed by atoms with Crippen LogP contribution in [0.15, 0.2) is 78.9 Å². The number of hydrogen-bond donors (Lipinski definition) is 2. The molecule has 3 aliphatic heterocycles. The van der Waals surface area contributed by atoms with Crippen molar-refractivity contribution in [2.75, 3.05) is 19.8 Å². The van der Waals surface area contributed by atoms with Crippen molar-refractivity contribution in [2.24, 2.45) is 0 Å². The zero-order valence-corrected chi connectivity index (χ0v) is 43.4. The largest absolute Gasteiger partial charge is 0.463 e. The topological polar surface area (TPSA) is 254 Å². The van der Waals surface area contributed by atoms with Gasteiger partial charge in [0.1, 0.15) is 43.7 Å². The maximum atomic E-state index is 15.1. The van der Waals surface area contributed by atoms with Gasteiger partial charge in [-0.05, 0) is 29.2 Å². The molecule has 0 spiro atoms. The minimum absolute atomic E-state index is 0.351. The molecule has 0 bridgehead atoms. The second-order valence-corrected chi connectivity index (χ2v) is 18.7. The molecule has 26 heteroatoms. The quantitative estimate of drug-likeness (QED) is 0.0335. The van der Waals surface area contributed by atoms with Gasteiger partial charge in [0.15, 0.2) is 43.2 Å². The monoisotopic (exact) mass is 1130 g/mol. The fourth-order valence-electron chi connectivity index (χ4n) is 9.73. The standard InChI is InChI=1S/C54H53F5N2O19/c1-23(42(50(67)78-46-40(58)38(56)37(55)39(57)41(46)59)61-54(68)71-20-34-32-18-12-10-16-30(32)31-17-11-13-19-33(31)34)72-52-43(60-24(2)62)47(44-36(76-52)22-70-51(79-44)29-14-8-7-9-15-29)80-53-49(75-28(6)66)48(74-27(5)65)45(73-26(4)64)35(77-53)21-69-25(3)63/h7-19,23,34-36,42-45,47-49,51-53H,20-22H2,1-6H3,(H,60,62)(H,61,68)/t23-,35-,36-,42+,43-,44+,45+,47-,48+,49-,51?,52+,53+/m1/s1. The van der Waals surface area contributed by atoms with E-state index in [4.69, 9.17) is 56.8 Å². The summed E-state index contributed by atoms with van der Waals surface area (Å²) in [6.07, 6.45) is -19.3. The highest BCUT2D eigenvalue weighted by atomic mass is 19.2. The normalized spacial score (nSPS) is 25.7. The van der Waals surface area contributed by atoms with E-state index in [1.165, 1.54) is 0 Å². The van der Waals surface area contributed by atoms with Crippen molar-refractivity contribution in [2.45, 2.75) is 127 Å². The maximum absolute atomic E-state index is 15.1. The van der Waals surface area contributed by atoms with Crippen LogP contribution in [0.2, 0.25) is 0 Å². The smallest absolute Gasteiger partial charge is 0.407 e. The molecular formula is C54H53F5N2O19. The third kappa shape index (κ3) is 13.0. The SMILES string of the molecule is CC(=O)N[C@H]1[C@@H](O[C@H](C)[C@H](NC(=O)OCC2c3ccccc3-c3ccccc32)C(=O)Oc2c(F)c(F)c(F)c(F)c2F)O[C@@H]2COC(c3ccccc3)O[C@@H]2[C@@H]1O[C@@H]1O[C@H](COC(C)=O)[C@H](OC(C)=O)[C@H](OC(C)=O)[C@H]1OC(C)=O. The molecule has 13 atom stereocenters. The Labute approximate surface area is 452 Å². The van der Waals surface area contributed by atoms with Crippen molar-refractivity contribution in [3.8, 4) is 16.9 Å². The third-order valence-corrected chi connectivity index (χ3v) is 13.1. The number of carbonyl (C=O) groups is 7. The van der Waals surface area contributed by atoms with Crippen LogP contribution in [-0.4, -0.2) is 135 Å². The number of hydrogen-bond acceptors (Lipinski definition) is 19. The van der Waals surface area contributed by atoms with Crippen molar-refractivity contribution >= 4 is 41.8 Å². The van der Waals surface area contributed by atoms with Gasteiger partial charge in [0.2, 0.25) is 40.7 Å². The molecule has 4 aromatic carbocycles. The van der Waals surface area contributed by atoms with Gasteiger partial charge in [0.25, 0.3) is 0 Å². The van der Waals surface area contributed by atoms with Crippen LogP contribution in [-0.2, 0) is 80.9 Å². The average molecular weight is 1130 g/mol. The van der Waals surface area contributed by atoms with E-state index in [1.54, 1.807) is 42.5 Å². The zero-order valence-electron chi connectivity index (χ0n) is 43.4. The lowest BCUT2D eigenvalue weighted by Gasteiger charge is -2.52. The van der Waals surface area contributed by atoms with Crippen LogP contribution in [0.25, 0.3) is 11.1 Å². The Morgan fingerprint density at radius 1 is 0.613 bits per heavy atom. The Balaban J connectivity index is 1.16. The van der Waals surface area contributed by atoms with Crippen molar-refractivity contribution in [1.82, 2.24) is 10.6 Å². The second-order valence-electron chi connectivity index (χ2n) is 18.7. The first-order valence-corrected chi connectivity index (χ1v) is 24.8. The molecule has 1 unspecified atom stereocenters. The predicted octanol–water partition coefficient (Wildman–Crippen LogP) is 5.41. The van der Waals surface area contributed by atoms with Gasteiger partial charge in [0, 0.05) is 46.1 Å². The molecule has 428 valence electrons. The van der Waals surface area contributed by atoms with E-state index in [0.29, 0.717) is 5.56 Å². The van der Waals surface area contributed by atoms with Crippen LogP contribution in [0, 0.1) is 29.1 Å². The lowest BCUT2D eigenvalue weighted by atomic mass is 9.94. The summed E-state index contributed by atoms with van der Waals surface area (Å²) in [5, 5.41) is 4.84. The van der Waals surface area contributed by atoms with E-state index >= 15 is 8.78 Å². The van der Waals surface area contributed by atoms with Crippen LogP contribution in [0.5, 0.6) is 5.75 Å². The minimum Gasteiger partial charge on any atom is -0.463 e. The highest BCUT2D eigenvalue weighted by Gasteiger charge is 2.58. The fraction of sp³-hybridized carbons (Fsp3) is 0.426. The van der Waals surface area contributed by atoms with Crippen molar-refractivity contribution in [3.05, 3.63) is 125 Å². The van der Waals surface area contributed by atoms with Crippen LogP contribution in [0.1, 0.15) is 70.4 Å². The van der Waals surface area contributed by atoms with E-state index in [2.05, 4.69) is 10.6 Å². The van der Waals surface area contributed by atoms with E-state index < -0.39 is 169 Å². The summed E-state index contributed by atoms with van der Waals surface area (Å²) in [4.78, 5) is 91.6. The van der Waals surface area contributed by atoms with Gasteiger partial charge in [0.05, 0.1) is 12.7 Å². The van der Waals surface area contributed by atoms with Crippen molar-refractivity contribution < 1.29 is 112 Å². The first kappa shape index (κ1) is 58.5. The number of esters is 5. The molecule has 1 aliphatic carbocycles. The summed E-state index contributed by atoms with van der Waals surface area (Å²) in [5.74, 6) is -21.5. The first-order valence-electron chi connectivity index (χ1n) is 24.8. The van der Waals surface area contributed by atoms with Gasteiger partial charge in [-0.25, -0.2) is 22.8 Å². The number of carbonyl (C=O) groups excluding carboxylic acids is 7. The summed E-state index contributed by atoms with van der Waals surface area (Å²) in [6, 6.07) is 19.0. The van der Waals surface area contributed by atoms with Gasteiger partial charge in [-0.3, -0.25) is 24.0 Å². The lowest BCUT2D eigenvalue weighted by Crippen LogP contribution is -2.70. The molecule has 2 amide bonds. The summed E-state index contributed by atoms with van der Waals surface area (Å²) >= 11 is 0. The first-order chi connectivity index (χ1) is 38.1. The molecule has 4 aliphatic rings. The van der Waals surface area contributed by atoms with Crippen molar-refractivity contribution in [3.63, 3.8) is 0 Å². The summed E-state index contributed by atoms with van der Waals surface area (Å²) < 4.78 is 144. The van der Waals surface area contributed by atoms with Gasteiger partial charge >= 0.3 is 35.9 Å². The number of alkyl carbamates (subject to hydrolysis) is 1. The molecule has 2 N–H and O–H groups in total. The molecule has 8 rings (SSSR count). The van der Waals surface area contributed by atoms with Gasteiger partial charge < -0.3 is 67.5 Å². The summed E-state index contributed by atoms with van der Waals surface area (Å²) in [6.45, 7) is 4.85. The van der Waals surface area contributed by atoms with E-state index in [9.17, 15) is 46.7 Å². The second kappa shape index (κ2) is 25.2. The number of fused-ring (bicyclic) bond motifs is 4. The molecule has 0 saturated carbocycles. The van der Waals surface area contributed by atoms with Crippen molar-refractivity contribution in [1.29, 1.82) is 0 Å². The van der Waals surface area contributed by atoms with Crippen LogP contribution >= 0.6 is 0 Å². The average Bonchev–Trinajstić information content (AvgIpc) is 3.82. The zero-order chi connectivity index (χ0) is 57.7. The predicted molar refractivity (Wildman–Crippen MR) is 258 cm³/mol. The molecule has 80 heavy (non-hydrogen) atoms. The molecule has 3 heterocycles. The third-order valence-electron chi connectivity index (χ3n) is 13.1. The maximum Gasteiger partial charge on any atom is 0.407 e. The van der Waals surface area contributed by atoms with Crippen LogP contribution in [0.3, 0.4) is 0 Å². The molecule has 0 aromatic heterocycles. The van der Waals surface area contributed by atoms with Gasteiger partial charge in [-0.1, -0.05) is 78.9 Å². The number of ether oxygens (including phenoxy) is 12. The Morgan fingerprint density at radius 2 is 1.18 bits per heavy atom. The molecule has 4 aromatic rings. The molecule has 3 fully saturated rings. The van der Waals surface area contributed by atoms with E-state index in [0.717, 1.165) is 63.8 Å². The highest BCUT2D eigenvalue weighted by molar-refractivity contribution is 5.84. The molecular weight excluding hydrogens is 1080 g/mol. The van der Waals surface area contributed by atoms with Crippen LogP contribution in [0.4, 0.5) is 26.7 Å². The number of nitrogens with one attached hydrogen (secondary N) is 2. The number of benzene rings is 4. The number of amides is 2. The lowest BCUT2D eigenvalue weighted by molar-refractivity contribution is -0.381. The molecule has 0 radical (unpaired) electrons. The van der Waals surface area contributed by atoms with Crippen LogP contribution < -0.4 is 15.4 Å². The van der Waals surface area contributed by atoms with Gasteiger partial charge in [-0.15, -0.1) is 0 Å². The Morgan fingerprint density at radius 3 is 1.76 bits per heavy atom. The van der Waals surface area contributed by atoms with E-state index in [1.807, 2.05) is 36.4 Å². The summed E-state index contributed by atoms with van der Waals surface area (Å²) in [7, 11) is 0. The van der Waals surface area contributed by atoms with E-state index in [-0.39, 0.29) is 13.2 Å². The molecule has 3 saturated heterocycles. The minimum atomic E-state index is -2.56. The molecule has 21 nitrogen and oxygen atoms in total. The van der Waals surface area contributed by atoms with Gasteiger partial charge in [-0.2, -0.15) is 8.78 Å². The Hall–Kier alpha value is -7.62. The Bertz CT molecular complexity index is 2920. The number of rotatable bonds is 17. The highest BCUT2D eigenvalue weighted by Crippen LogP contribution is 2.45. The number of halogens is 5. The fourth-order valence-corrected chi connectivity index (χ4v) is 9.73. The Kier molecular flexibility index (Phi) is 18.5.